The Morgan fingerprint density at radius 3 is 2.64 bits per heavy atom. The van der Waals surface area contributed by atoms with E-state index in [1.165, 1.54) is 0 Å². The molecule has 1 heterocycles. The van der Waals surface area contributed by atoms with E-state index in [4.69, 9.17) is 4.74 Å². The summed E-state index contributed by atoms with van der Waals surface area (Å²) in [7, 11) is 0. The number of para-hydroxylation sites is 1. The molecule has 2 rings (SSSR count). The van der Waals surface area contributed by atoms with E-state index in [9.17, 15) is 9.59 Å². The van der Waals surface area contributed by atoms with Crippen LogP contribution in [-0.2, 0) is 4.74 Å². The number of esters is 1. The van der Waals surface area contributed by atoms with Gasteiger partial charge in [-0.3, -0.25) is 4.79 Å². The van der Waals surface area contributed by atoms with Gasteiger partial charge in [0.15, 0.2) is 0 Å². The van der Waals surface area contributed by atoms with Gasteiger partial charge in [0.05, 0.1) is 17.9 Å². The predicted octanol–water partition coefficient (Wildman–Crippen LogP) is 2.85. The molecule has 0 unspecified atom stereocenters. The summed E-state index contributed by atoms with van der Waals surface area (Å²) >= 11 is 0. The van der Waals surface area contributed by atoms with Gasteiger partial charge in [-0.1, -0.05) is 19.1 Å². The Morgan fingerprint density at radius 1 is 1.16 bits per heavy atom. The van der Waals surface area contributed by atoms with Crippen LogP contribution in [0.25, 0.3) is 0 Å². The minimum atomic E-state index is -0.431. The van der Waals surface area contributed by atoms with Gasteiger partial charge in [-0.25, -0.2) is 14.8 Å². The number of benzene rings is 1. The summed E-state index contributed by atoms with van der Waals surface area (Å²) in [6, 6.07) is 8.54. The van der Waals surface area contributed by atoms with Crippen LogP contribution in [0.4, 0.5) is 11.6 Å². The summed E-state index contributed by atoms with van der Waals surface area (Å²) in [5, 5.41) is 5.78. The zero-order chi connectivity index (χ0) is 18.2. The SMILES string of the molecule is CCCNC(=O)c1cc(C)nc(Nc2ccccc2C(=O)OCC)n1. The molecule has 1 amide bonds. The van der Waals surface area contributed by atoms with Crippen molar-refractivity contribution in [2.24, 2.45) is 0 Å². The molecule has 0 spiro atoms. The second-order valence-electron chi connectivity index (χ2n) is 5.37. The molecule has 7 heteroatoms. The zero-order valence-electron chi connectivity index (χ0n) is 14.6. The highest BCUT2D eigenvalue weighted by molar-refractivity contribution is 5.96. The fourth-order valence-corrected chi connectivity index (χ4v) is 2.17. The van der Waals surface area contributed by atoms with Gasteiger partial charge >= 0.3 is 5.97 Å². The van der Waals surface area contributed by atoms with Crippen molar-refractivity contribution in [3.05, 3.63) is 47.3 Å². The van der Waals surface area contributed by atoms with Crippen molar-refractivity contribution in [3.63, 3.8) is 0 Å². The van der Waals surface area contributed by atoms with Gasteiger partial charge in [0, 0.05) is 12.2 Å². The number of nitrogens with zero attached hydrogens (tertiary/aromatic N) is 2. The van der Waals surface area contributed by atoms with Crippen LogP contribution < -0.4 is 10.6 Å². The first-order chi connectivity index (χ1) is 12.0. The lowest BCUT2D eigenvalue weighted by Gasteiger charge is -2.11. The molecule has 0 aliphatic carbocycles. The maximum Gasteiger partial charge on any atom is 0.340 e. The predicted molar refractivity (Wildman–Crippen MR) is 95.1 cm³/mol. The number of hydrogen-bond donors (Lipinski definition) is 2. The molecule has 0 radical (unpaired) electrons. The Labute approximate surface area is 146 Å². The fourth-order valence-electron chi connectivity index (χ4n) is 2.17. The first-order valence-corrected chi connectivity index (χ1v) is 8.22. The molecular formula is C18H22N4O3. The van der Waals surface area contributed by atoms with E-state index in [2.05, 4.69) is 20.6 Å². The minimum absolute atomic E-state index is 0.249. The highest BCUT2D eigenvalue weighted by atomic mass is 16.5. The van der Waals surface area contributed by atoms with Crippen LogP contribution >= 0.6 is 0 Å². The third-order valence-electron chi connectivity index (χ3n) is 3.29. The highest BCUT2D eigenvalue weighted by Crippen LogP contribution is 2.20. The molecule has 0 atom stereocenters. The van der Waals surface area contributed by atoms with Crippen molar-refractivity contribution in [2.75, 3.05) is 18.5 Å². The van der Waals surface area contributed by atoms with Crippen molar-refractivity contribution in [1.82, 2.24) is 15.3 Å². The molecule has 0 bridgehead atoms. The van der Waals surface area contributed by atoms with Crippen LogP contribution in [0.2, 0.25) is 0 Å². The lowest BCUT2D eigenvalue weighted by molar-refractivity contribution is 0.0527. The molecule has 0 fully saturated rings. The van der Waals surface area contributed by atoms with Crippen LogP contribution in [0.3, 0.4) is 0 Å². The molecule has 2 N–H and O–H groups in total. The maximum atomic E-state index is 12.1. The van der Waals surface area contributed by atoms with E-state index < -0.39 is 5.97 Å². The first-order valence-electron chi connectivity index (χ1n) is 8.22. The fraction of sp³-hybridized carbons (Fsp3) is 0.333. The Morgan fingerprint density at radius 2 is 1.92 bits per heavy atom. The van der Waals surface area contributed by atoms with Crippen LogP contribution in [0.5, 0.6) is 0 Å². The first kappa shape index (κ1) is 18.4. The number of ether oxygens (including phenoxy) is 1. The number of aryl methyl sites for hydroxylation is 1. The summed E-state index contributed by atoms with van der Waals surface area (Å²) < 4.78 is 5.05. The van der Waals surface area contributed by atoms with Crippen molar-refractivity contribution in [3.8, 4) is 0 Å². The number of amides is 1. The van der Waals surface area contributed by atoms with Crippen molar-refractivity contribution in [2.45, 2.75) is 27.2 Å². The average molecular weight is 342 g/mol. The highest BCUT2D eigenvalue weighted by Gasteiger charge is 2.14. The molecule has 2 aromatic rings. The van der Waals surface area contributed by atoms with Gasteiger partial charge in [0.1, 0.15) is 5.69 Å². The molecule has 0 aliphatic rings. The van der Waals surface area contributed by atoms with Crippen LogP contribution in [-0.4, -0.2) is 35.0 Å². The van der Waals surface area contributed by atoms with E-state index in [0.29, 0.717) is 23.5 Å². The normalized spacial score (nSPS) is 10.2. The van der Waals surface area contributed by atoms with Crippen molar-refractivity contribution >= 4 is 23.5 Å². The van der Waals surface area contributed by atoms with E-state index in [1.54, 1.807) is 44.2 Å². The second-order valence-corrected chi connectivity index (χ2v) is 5.37. The van der Waals surface area contributed by atoms with E-state index in [0.717, 1.165) is 6.42 Å². The monoisotopic (exact) mass is 342 g/mol. The van der Waals surface area contributed by atoms with Crippen LogP contribution in [0.15, 0.2) is 30.3 Å². The van der Waals surface area contributed by atoms with E-state index in [-0.39, 0.29) is 24.2 Å². The van der Waals surface area contributed by atoms with Gasteiger partial charge in [0.25, 0.3) is 5.91 Å². The van der Waals surface area contributed by atoms with Gasteiger partial charge in [-0.2, -0.15) is 0 Å². The number of hydrogen-bond acceptors (Lipinski definition) is 6. The van der Waals surface area contributed by atoms with Crippen LogP contribution in [0, 0.1) is 6.92 Å². The summed E-state index contributed by atoms with van der Waals surface area (Å²) in [6.45, 7) is 6.37. The summed E-state index contributed by atoms with van der Waals surface area (Å²) in [5.41, 5.74) is 1.82. The standard InChI is InChI=1S/C18H22N4O3/c1-4-10-19-16(23)15-11-12(3)20-18(22-15)21-14-9-7-6-8-13(14)17(24)25-5-2/h6-9,11H,4-5,10H2,1-3H3,(H,19,23)(H,20,21,22). The molecule has 1 aromatic heterocycles. The molecule has 25 heavy (non-hydrogen) atoms. The van der Waals surface area contributed by atoms with Gasteiger partial charge in [-0.15, -0.1) is 0 Å². The van der Waals surface area contributed by atoms with Gasteiger partial charge in [-0.05, 0) is 38.5 Å². The summed E-state index contributed by atoms with van der Waals surface area (Å²) in [5.74, 6) is -0.438. The largest absolute Gasteiger partial charge is 0.462 e. The molecular weight excluding hydrogens is 320 g/mol. The molecule has 0 saturated heterocycles. The quantitative estimate of drug-likeness (QED) is 0.752. The topological polar surface area (TPSA) is 93.2 Å². The molecule has 0 saturated carbocycles. The van der Waals surface area contributed by atoms with Crippen molar-refractivity contribution in [1.29, 1.82) is 0 Å². The molecule has 1 aromatic carbocycles. The van der Waals surface area contributed by atoms with Crippen molar-refractivity contribution < 1.29 is 14.3 Å². The minimum Gasteiger partial charge on any atom is -0.462 e. The summed E-state index contributed by atoms with van der Waals surface area (Å²) in [4.78, 5) is 32.7. The smallest absolute Gasteiger partial charge is 0.340 e. The average Bonchev–Trinajstić information content (AvgIpc) is 2.59. The Kier molecular flexibility index (Phi) is 6.45. The number of rotatable bonds is 7. The number of carbonyl (C=O) groups is 2. The third-order valence-corrected chi connectivity index (χ3v) is 3.29. The number of carbonyl (C=O) groups excluding carboxylic acids is 2. The van der Waals surface area contributed by atoms with E-state index in [1.807, 2.05) is 6.92 Å². The van der Waals surface area contributed by atoms with E-state index >= 15 is 0 Å². The number of anilines is 2. The Balaban J connectivity index is 2.28. The lowest BCUT2D eigenvalue weighted by Crippen LogP contribution is -2.25. The van der Waals surface area contributed by atoms with Gasteiger partial charge in [0.2, 0.25) is 5.95 Å². The maximum absolute atomic E-state index is 12.1. The third kappa shape index (κ3) is 5.00. The molecule has 7 nitrogen and oxygen atoms in total. The lowest BCUT2D eigenvalue weighted by atomic mass is 10.2. The van der Waals surface area contributed by atoms with Gasteiger partial charge < -0.3 is 15.4 Å². The summed E-state index contributed by atoms with van der Waals surface area (Å²) in [6.07, 6.45) is 0.841. The second kappa shape index (κ2) is 8.77. The Bertz CT molecular complexity index is 762. The number of aromatic nitrogens is 2. The number of nitrogens with one attached hydrogen (secondary N) is 2. The van der Waals surface area contributed by atoms with Crippen LogP contribution in [0.1, 0.15) is 46.8 Å². The molecule has 0 aliphatic heterocycles. The molecule has 132 valence electrons. The Hall–Kier alpha value is -2.96. The zero-order valence-corrected chi connectivity index (χ0v) is 14.6.